The lowest BCUT2D eigenvalue weighted by Crippen LogP contribution is -2.36. The molecule has 2 aromatic carbocycles. The van der Waals surface area contributed by atoms with Gasteiger partial charge in [-0.3, -0.25) is 9.59 Å². The van der Waals surface area contributed by atoms with E-state index in [9.17, 15) is 14.4 Å². The number of aryl methyl sites for hydroxylation is 2. The second kappa shape index (κ2) is 14.4. The number of fused-ring (bicyclic) bond motifs is 1. The van der Waals surface area contributed by atoms with E-state index in [-0.39, 0.29) is 47.6 Å². The van der Waals surface area contributed by atoms with E-state index in [0.717, 1.165) is 44.9 Å². The Bertz CT molecular complexity index is 1230. The highest BCUT2D eigenvalue weighted by Gasteiger charge is 2.63. The number of rotatable bonds is 7. The minimum atomic E-state index is -0.194. The van der Waals surface area contributed by atoms with Crippen LogP contribution >= 0.6 is 0 Å². The Labute approximate surface area is 256 Å². The summed E-state index contributed by atoms with van der Waals surface area (Å²) in [6.07, 6.45) is 8.82. The van der Waals surface area contributed by atoms with Gasteiger partial charge >= 0.3 is 17.9 Å². The predicted octanol–water partition coefficient (Wildman–Crippen LogP) is 7.22. The van der Waals surface area contributed by atoms with Gasteiger partial charge in [0, 0.05) is 11.8 Å². The lowest BCUT2D eigenvalue weighted by Gasteiger charge is -2.27. The van der Waals surface area contributed by atoms with Gasteiger partial charge in [0.2, 0.25) is 0 Å². The summed E-state index contributed by atoms with van der Waals surface area (Å²) in [6, 6.07) is 15.0. The number of phenolic OH excluding ortho intramolecular Hbond substituents is 1. The van der Waals surface area contributed by atoms with E-state index in [1.807, 2.05) is 50.2 Å². The van der Waals surface area contributed by atoms with E-state index in [1.54, 1.807) is 12.1 Å². The molecule has 2 bridgehead atoms. The van der Waals surface area contributed by atoms with Gasteiger partial charge in [-0.1, -0.05) is 58.9 Å². The molecule has 1 heterocycles. The van der Waals surface area contributed by atoms with Gasteiger partial charge in [-0.15, -0.1) is 0 Å². The Morgan fingerprint density at radius 1 is 0.930 bits per heavy atom. The largest absolute Gasteiger partial charge is 0.508 e. The summed E-state index contributed by atoms with van der Waals surface area (Å²) in [4.78, 5) is 35.2. The molecule has 5 atom stereocenters. The molecule has 5 unspecified atom stereocenters. The molecule has 3 aliphatic carbocycles. The average molecular weight is 593 g/mol. The maximum atomic E-state index is 12.1. The van der Waals surface area contributed by atoms with Gasteiger partial charge in [-0.05, 0) is 93.2 Å². The third kappa shape index (κ3) is 7.79. The van der Waals surface area contributed by atoms with Crippen LogP contribution in [0.25, 0.3) is 0 Å². The highest BCUT2D eigenvalue weighted by molar-refractivity contribution is 5.89. The molecule has 4 aliphatic rings. The van der Waals surface area contributed by atoms with Crippen molar-refractivity contribution >= 4 is 17.9 Å². The van der Waals surface area contributed by atoms with Crippen LogP contribution < -0.4 is 0 Å². The van der Waals surface area contributed by atoms with E-state index in [4.69, 9.17) is 19.3 Å². The van der Waals surface area contributed by atoms with Gasteiger partial charge in [0.05, 0.1) is 17.4 Å². The maximum absolute atomic E-state index is 12.1. The van der Waals surface area contributed by atoms with Crippen LogP contribution in [0, 0.1) is 23.7 Å². The summed E-state index contributed by atoms with van der Waals surface area (Å²) in [5.74, 6) is 0.527. The summed E-state index contributed by atoms with van der Waals surface area (Å²) >= 11 is 0. The lowest BCUT2D eigenvalue weighted by molar-refractivity contribution is -0.164. The Hall–Kier alpha value is -3.35. The van der Waals surface area contributed by atoms with Gasteiger partial charge < -0.3 is 19.3 Å². The van der Waals surface area contributed by atoms with Crippen molar-refractivity contribution in [1.82, 2.24) is 0 Å². The number of phenols is 1. The molecular formula is C36H48O7. The molecule has 234 valence electrons. The smallest absolute Gasteiger partial charge is 0.338 e. The summed E-state index contributed by atoms with van der Waals surface area (Å²) in [7, 11) is 0. The van der Waals surface area contributed by atoms with Gasteiger partial charge in [0.25, 0.3) is 0 Å². The fraction of sp³-hybridized carbons (Fsp3) is 0.583. The first-order valence-corrected chi connectivity index (χ1v) is 16.1. The Morgan fingerprint density at radius 3 is 2.05 bits per heavy atom. The number of benzene rings is 2. The van der Waals surface area contributed by atoms with E-state index in [0.29, 0.717) is 23.1 Å². The van der Waals surface area contributed by atoms with Crippen LogP contribution in [0.3, 0.4) is 0 Å². The lowest BCUT2D eigenvalue weighted by atomic mass is 9.88. The fourth-order valence-corrected chi connectivity index (χ4v) is 6.75. The first kappa shape index (κ1) is 32.6. The Morgan fingerprint density at radius 2 is 1.51 bits per heavy atom. The third-order valence-electron chi connectivity index (χ3n) is 9.55. The van der Waals surface area contributed by atoms with Crippen LogP contribution in [0.2, 0.25) is 0 Å². The van der Waals surface area contributed by atoms with Crippen molar-refractivity contribution in [3.05, 3.63) is 65.2 Å². The van der Waals surface area contributed by atoms with Crippen LogP contribution in [0.1, 0.15) is 101 Å². The number of esters is 3. The van der Waals surface area contributed by atoms with Crippen molar-refractivity contribution in [2.24, 2.45) is 23.7 Å². The number of aromatic hydroxyl groups is 1. The molecule has 0 aromatic heterocycles. The number of carbonyl (C=O) groups excluding carboxylic acids is 3. The highest BCUT2D eigenvalue weighted by atomic mass is 16.6. The summed E-state index contributed by atoms with van der Waals surface area (Å²) in [6.45, 7) is 9.95. The quantitative estimate of drug-likeness (QED) is 0.268. The molecular weight excluding hydrogens is 544 g/mol. The minimum absolute atomic E-state index is 0.0828. The van der Waals surface area contributed by atoms with Crippen molar-refractivity contribution in [2.45, 2.75) is 110 Å². The highest BCUT2D eigenvalue weighted by Crippen LogP contribution is 2.55. The topological polar surface area (TPSA) is 99.1 Å². The van der Waals surface area contributed by atoms with Gasteiger partial charge in [-0.2, -0.15) is 0 Å². The van der Waals surface area contributed by atoms with E-state index < -0.39 is 0 Å². The van der Waals surface area contributed by atoms with Crippen molar-refractivity contribution in [2.75, 3.05) is 0 Å². The molecule has 1 N–H and O–H groups in total. The van der Waals surface area contributed by atoms with Gasteiger partial charge in [-0.25, -0.2) is 4.79 Å². The molecule has 43 heavy (non-hydrogen) atoms. The second-order valence-electron chi connectivity index (χ2n) is 12.7. The Balaban J connectivity index is 0.000000156. The SMILES string of the molecule is CC(C)C(=O)OC1C2CC3C(=O)OC1C3C2.CCc1ccc(C(=O)OC2(CC)CCCC2)cc1.CCc1ccc(O)cc1. The zero-order valence-corrected chi connectivity index (χ0v) is 26.3. The molecule has 7 nitrogen and oxygen atoms in total. The number of ether oxygens (including phenoxy) is 3. The number of carbonyl (C=O) groups is 3. The first-order chi connectivity index (χ1) is 20.6. The van der Waals surface area contributed by atoms with Crippen molar-refractivity contribution in [1.29, 1.82) is 0 Å². The molecule has 0 amide bonds. The molecule has 1 saturated heterocycles. The monoisotopic (exact) mass is 592 g/mol. The number of hydrogen-bond donors (Lipinski definition) is 1. The molecule has 7 heteroatoms. The second-order valence-corrected chi connectivity index (χ2v) is 12.7. The fourth-order valence-electron chi connectivity index (χ4n) is 6.75. The average Bonchev–Trinajstić information content (AvgIpc) is 3.78. The van der Waals surface area contributed by atoms with Crippen LogP contribution in [-0.2, 0) is 36.6 Å². The summed E-state index contributed by atoms with van der Waals surface area (Å²) < 4.78 is 16.6. The standard InChI is InChI=1S/C16H22O2.C12H16O4.C8H10O/c1-3-13-7-9-14(10-8-13)15(17)18-16(4-2)11-5-6-12-16;1-5(2)11(13)15-9-6-3-7-8(4-6)12(14)16-10(7)9;1-2-7-3-5-8(9)6-4-7/h7-10H,3-6,11-12H2,1-2H3;5-10H,3-4H2,1-2H3;3-6,9H,2H2,1H3. The number of hydrogen-bond acceptors (Lipinski definition) is 7. The summed E-state index contributed by atoms with van der Waals surface area (Å²) in [5, 5.41) is 8.85. The molecule has 1 aliphatic heterocycles. The van der Waals surface area contributed by atoms with Crippen molar-refractivity contribution in [3.8, 4) is 5.75 Å². The first-order valence-electron chi connectivity index (χ1n) is 16.1. The molecule has 6 rings (SSSR count). The molecule has 3 saturated carbocycles. The summed E-state index contributed by atoms with van der Waals surface area (Å²) in [5.41, 5.74) is 2.98. The van der Waals surface area contributed by atoms with Crippen LogP contribution in [-0.4, -0.2) is 40.8 Å². The maximum Gasteiger partial charge on any atom is 0.338 e. The van der Waals surface area contributed by atoms with Crippen LogP contribution in [0.4, 0.5) is 0 Å². The van der Waals surface area contributed by atoms with Crippen LogP contribution in [0.15, 0.2) is 48.5 Å². The molecule has 0 spiro atoms. The Kier molecular flexibility index (Phi) is 10.9. The zero-order chi connectivity index (χ0) is 31.1. The normalized spacial score (nSPS) is 25.7. The van der Waals surface area contributed by atoms with E-state index in [2.05, 4.69) is 20.8 Å². The zero-order valence-electron chi connectivity index (χ0n) is 26.3. The van der Waals surface area contributed by atoms with Gasteiger partial charge in [0.15, 0.2) is 0 Å². The van der Waals surface area contributed by atoms with Gasteiger partial charge in [0.1, 0.15) is 23.6 Å². The van der Waals surface area contributed by atoms with E-state index in [1.165, 1.54) is 24.0 Å². The third-order valence-corrected chi connectivity index (χ3v) is 9.55. The predicted molar refractivity (Wildman–Crippen MR) is 165 cm³/mol. The molecule has 0 radical (unpaired) electrons. The van der Waals surface area contributed by atoms with E-state index >= 15 is 0 Å². The minimum Gasteiger partial charge on any atom is -0.508 e. The molecule has 4 fully saturated rings. The van der Waals surface area contributed by atoms with Crippen LogP contribution in [0.5, 0.6) is 5.75 Å². The van der Waals surface area contributed by atoms with Crippen molar-refractivity contribution < 1.29 is 33.7 Å². The molecule has 2 aromatic rings. The van der Waals surface area contributed by atoms with Crippen molar-refractivity contribution in [3.63, 3.8) is 0 Å².